The number of halogens is 2. The number of benzene rings is 2. The van der Waals surface area contributed by atoms with E-state index in [4.69, 9.17) is 10.5 Å². The van der Waals surface area contributed by atoms with E-state index < -0.39 is 15.9 Å². The summed E-state index contributed by atoms with van der Waals surface area (Å²) in [5, 5.41) is 8.21. The van der Waals surface area contributed by atoms with Crippen LogP contribution in [-0.2, 0) is 16.6 Å². The van der Waals surface area contributed by atoms with Crippen molar-refractivity contribution in [1.82, 2.24) is 19.3 Å². The third kappa shape index (κ3) is 4.46. The van der Waals surface area contributed by atoms with Crippen LogP contribution in [0.1, 0.15) is 0 Å². The third-order valence-electron chi connectivity index (χ3n) is 4.42. The molecule has 0 fully saturated rings. The second kappa shape index (κ2) is 9.52. The Morgan fingerprint density at radius 3 is 2.67 bits per heavy atom. The van der Waals surface area contributed by atoms with Gasteiger partial charge in [0.2, 0.25) is 10.0 Å². The number of fused-ring (bicyclic) bond motifs is 1. The summed E-state index contributed by atoms with van der Waals surface area (Å²) in [4.78, 5) is 0.0452. The van der Waals surface area contributed by atoms with E-state index in [1.54, 1.807) is 30.3 Å². The van der Waals surface area contributed by atoms with E-state index in [1.807, 2.05) is 0 Å². The maximum atomic E-state index is 13.9. The number of ether oxygens (including phenoxy) is 1. The molecular formula is C19H23ClFN5O3S. The number of allylic oxidation sites excluding steroid dienone is 1. The lowest BCUT2D eigenvalue weighted by atomic mass is 10.0. The highest BCUT2D eigenvalue weighted by molar-refractivity contribution is 7.89. The second-order valence-corrected chi connectivity index (χ2v) is 8.58. The molecule has 0 atom stereocenters. The first kappa shape index (κ1) is 23.7. The van der Waals surface area contributed by atoms with E-state index in [0.29, 0.717) is 22.2 Å². The lowest BCUT2D eigenvalue weighted by molar-refractivity contribution is 0.400. The van der Waals surface area contributed by atoms with Gasteiger partial charge in [0.25, 0.3) is 0 Å². The molecule has 0 saturated carbocycles. The fourth-order valence-electron chi connectivity index (χ4n) is 2.92. The maximum absolute atomic E-state index is 13.9. The molecule has 0 bridgehead atoms. The Morgan fingerprint density at radius 2 is 2.03 bits per heavy atom. The van der Waals surface area contributed by atoms with Crippen LogP contribution in [0.25, 0.3) is 22.2 Å². The van der Waals surface area contributed by atoms with Crippen molar-refractivity contribution in [3.63, 3.8) is 0 Å². The highest BCUT2D eigenvalue weighted by atomic mass is 35.5. The molecule has 3 rings (SSSR count). The van der Waals surface area contributed by atoms with Crippen molar-refractivity contribution in [2.45, 2.75) is 11.4 Å². The van der Waals surface area contributed by atoms with E-state index in [1.165, 1.54) is 38.0 Å². The van der Waals surface area contributed by atoms with Crippen LogP contribution in [0.3, 0.4) is 0 Å². The molecule has 0 spiro atoms. The van der Waals surface area contributed by atoms with E-state index in [0.717, 1.165) is 4.31 Å². The maximum Gasteiger partial charge on any atom is 0.246 e. The summed E-state index contributed by atoms with van der Waals surface area (Å²) in [6, 6.07) is 10.2. The van der Waals surface area contributed by atoms with Crippen molar-refractivity contribution in [3.8, 4) is 16.9 Å². The zero-order valence-electron chi connectivity index (χ0n) is 16.7. The first-order valence-corrected chi connectivity index (χ1v) is 10.2. The van der Waals surface area contributed by atoms with E-state index in [9.17, 15) is 12.8 Å². The molecule has 8 nitrogen and oxygen atoms in total. The monoisotopic (exact) mass is 455 g/mol. The number of rotatable bonds is 7. The Hall–Kier alpha value is -2.53. The highest BCUT2D eigenvalue weighted by Gasteiger charge is 2.23. The Labute approximate surface area is 180 Å². The van der Waals surface area contributed by atoms with Gasteiger partial charge in [0.1, 0.15) is 22.0 Å². The van der Waals surface area contributed by atoms with Crippen LogP contribution < -0.4 is 10.5 Å². The van der Waals surface area contributed by atoms with Crippen molar-refractivity contribution in [1.29, 1.82) is 0 Å². The first-order valence-electron chi connectivity index (χ1n) is 8.77. The molecular weight excluding hydrogens is 433 g/mol. The summed E-state index contributed by atoms with van der Waals surface area (Å²) in [7, 11) is 0.605. The molecule has 11 heteroatoms. The molecule has 3 aromatic rings. The molecule has 2 aromatic carbocycles. The predicted molar refractivity (Wildman–Crippen MR) is 116 cm³/mol. The summed E-state index contributed by atoms with van der Waals surface area (Å²) in [5.41, 5.74) is 7.80. The van der Waals surface area contributed by atoms with Gasteiger partial charge >= 0.3 is 0 Å². The van der Waals surface area contributed by atoms with E-state index in [-0.39, 0.29) is 36.1 Å². The molecule has 30 heavy (non-hydrogen) atoms. The molecule has 1 aromatic heterocycles. The van der Waals surface area contributed by atoms with Crippen LogP contribution >= 0.6 is 12.4 Å². The SMILES string of the molecule is COc1ccc(-c2cccc3c2nnn3C/C(F)=C/CN)cc1S(=O)(=O)N(C)C.Cl. The molecule has 0 aliphatic carbocycles. The van der Waals surface area contributed by atoms with Crippen molar-refractivity contribution in [3.05, 3.63) is 48.3 Å². The summed E-state index contributed by atoms with van der Waals surface area (Å²) in [6.07, 6.45) is 1.28. The van der Waals surface area contributed by atoms with Crippen LogP contribution in [0.2, 0.25) is 0 Å². The van der Waals surface area contributed by atoms with Gasteiger partial charge in [-0.3, -0.25) is 0 Å². The standard InChI is InChI=1S/C19H22FN5O3S.ClH/c1-24(2)29(26,27)18-11-13(7-8-17(18)28-3)15-5-4-6-16-19(15)22-23-25(16)12-14(20)9-10-21;/h4-9,11H,10,12,21H2,1-3H3;1H/b14-9-;. The molecule has 0 amide bonds. The van der Waals surface area contributed by atoms with Crippen molar-refractivity contribution < 1.29 is 17.5 Å². The van der Waals surface area contributed by atoms with Gasteiger partial charge < -0.3 is 10.5 Å². The molecule has 0 aliphatic rings. The number of sulfonamides is 1. The van der Waals surface area contributed by atoms with Crippen LogP contribution in [0, 0.1) is 0 Å². The smallest absolute Gasteiger partial charge is 0.246 e. The molecule has 0 radical (unpaired) electrons. The largest absolute Gasteiger partial charge is 0.495 e. The number of aromatic nitrogens is 3. The molecule has 162 valence electrons. The van der Waals surface area contributed by atoms with Crippen LogP contribution in [0.4, 0.5) is 4.39 Å². The predicted octanol–water partition coefficient (Wildman–Crippen LogP) is 2.59. The van der Waals surface area contributed by atoms with Gasteiger partial charge in [-0.2, -0.15) is 0 Å². The molecule has 0 saturated heterocycles. The average Bonchev–Trinajstić information content (AvgIpc) is 3.10. The highest BCUT2D eigenvalue weighted by Crippen LogP contribution is 2.34. The minimum absolute atomic E-state index is 0. The van der Waals surface area contributed by atoms with E-state index in [2.05, 4.69) is 10.3 Å². The molecule has 0 aliphatic heterocycles. The number of nitrogens with zero attached hydrogens (tertiary/aromatic N) is 4. The number of hydrogen-bond acceptors (Lipinski definition) is 6. The van der Waals surface area contributed by atoms with Crippen molar-refractivity contribution >= 4 is 33.5 Å². The summed E-state index contributed by atoms with van der Waals surface area (Å²) in [6.45, 7) is 0.0126. The van der Waals surface area contributed by atoms with Gasteiger partial charge in [-0.1, -0.05) is 23.4 Å². The minimum atomic E-state index is -3.72. The van der Waals surface area contributed by atoms with E-state index >= 15 is 0 Å². The fourth-order valence-corrected chi connectivity index (χ4v) is 3.99. The van der Waals surface area contributed by atoms with Gasteiger partial charge in [0, 0.05) is 26.2 Å². The van der Waals surface area contributed by atoms with Gasteiger partial charge in [-0.25, -0.2) is 21.8 Å². The Bertz CT molecular complexity index is 1180. The molecule has 2 N–H and O–H groups in total. The van der Waals surface area contributed by atoms with Gasteiger partial charge in [0.05, 0.1) is 19.2 Å². The van der Waals surface area contributed by atoms with Gasteiger partial charge in [-0.05, 0) is 29.8 Å². The average molecular weight is 456 g/mol. The first-order chi connectivity index (χ1) is 13.8. The Balaban J connectivity index is 0.00000320. The Morgan fingerprint density at radius 1 is 1.30 bits per heavy atom. The number of nitrogens with two attached hydrogens (primary N) is 1. The van der Waals surface area contributed by atoms with Crippen LogP contribution in [0.15, 0.2) is 53.2 Å². The lowest BCUT2D eigenvalue weighted by Gasteiger charge is -2.15. The van der Waals surface area contributed by atoms with Crippen molar-refractivity contribution in [2.75, 3.05) is 27.7 Å². The molecule has 0 unspecified atom stereocenters. The fraction of sp³-hybridized carbons (Fsp3) is 0.263. The summed E-state index contributed by atoms with van der Waals surface area (Å²) >= 11 is 0. The third-order valence-corrected chi connectivity index (χ3v) is 6.26. The zero-order valence-corrected chi connectivity index (χ0v) is 18.4. The number of hydrogen-bond donors (Lipinski definition) is 1. The van der Waals surface area contributed by atoms with Crippen molar-refractivity contribution in [2.24, 2.45) is 5.73 Å². The lowest BCUT2D eigenvalue weighted by Crippen LogP contribution is -2.22. The summed E-state index contributed by atoms with van der Waals surface area (Å²) < 4.78 is 47.1. The Kier molecular flexibility index (Phi) is 7.54. The normalized spacial score (nSPS) is 12.3. The second-order valence-electron chi connectivity index (χ2n) is 6.46. The topological polar surface area (TPSA) is 103 Å². The number of methoxy groups -OCH3 is 1. The summed E-state index contributed by atoms with van der Waals surface area (Å²) in [5.74, 6) is -0.166. The molecule has 1 heterocycles. The van der Waals surface area contributed by atoms with Crippen LogP contribution in [0.5, 0.6) is 5.75 Å². The quantitative estimate of drug-likeness (QED) is 0.587. The van der Waals surface area contributed by atoms with Gasteiger partial charge in [0.15, 0.2) is 0 Å². The van der Waals surface area contributed by atoms with Gasteiger partial charge in [-0.15, -0.1) is 17.5 Å². The zero-order chi connectivity index (χ0) is 21.2. The van der Waals surface area contributed by atoms with Crippen LogP contribution in [-0.4, -0.2) is 55.5 Å². The minimum Gasteiger partial charge on any atom is -0.495 e.